The van der Waals surface area contributed by atoms with E-state index < -0.39 is 18.1 Å². The van der Waals surface area contributed by atoms with Crippen LogP contribution in [0.2, 0.25) is 0 Å². The Labute approximate surface area is 160 Å². The van der Waals surface area contributed by atoms with Gasteiger partial charge in [-0.1, -0.05) is 18.2 Å². The van der Waals surface area contributed by atoms with Crippen molar-refractivity contribution in [2.24, 2.45) is 0 Å². The lowest BCUT2D eigenvalue weighted by Gasteiger charge is -2.32. The summed E-state index contributed by atoms with van der Waals surface area (Å²) in [5.74, 6) is -0.895. The summed E-state index contributed by atoms with van der Waals surface area (Å²) in [5, 5.41) is 13.7. The van der Waals surface area contributed by atoms with Gasteiger partial charge in [0.1, 0.15) is 5.75 Å². The molecule has 0 fully saturated rings. The SMILES string of the molecule is C[C@@H]1Oc2ccccc2N(CCC(=O)N[C@@H](CC(=O)O)c2cccs2)C1=O. The Kier molecular flexibility index (Phi) is 5.75. The Balaban J connectivity index is 1.66. The molecule has 0 saturated heterocycles. The van der Waals surface area contributed by atoms with Gasteiger partial charge in [0.15, 0.2) is 6.10 Å². The molecule has 0 spiro atoms. The van der Waals surface area contributed by atoms with Crippen molar-refractivity contribution in [3.63, 3.8) is 0 Å². The minimum atomic E-state index is -0.986. The Bertz CT molecular complexity index is 836. The van der Waals surface area contributed by atoms with Crippen LogP contribution in [0, 0.1) is 0 Å². The quantitative estimate of drug-likeness (QED) is 0.760. The van der Waals surface area contributed by atoms with E-state index in [1.165, 1.54) is 11.3 Å². The molecule has 142 valence electrons. The van der Waals surface area contributed by atoms with Crippen LogP contribution in [0.5, 0.6) is 5.75 Å². The second kappa shape index (κ2) is 8.22. The molecule has 1 aromatic carbocycles. The number of hydrogen-bond acceptors (Lipinski definition) is 5. The summed E-state index contributed by atoms with van der Waals surface area (Å²) in [5.41, 5.74) is 0.633. The molecule has 3 rings (SSSR count). The lowest BCUT2D eigenvalue weighted by Crippen LogP contribution is -2.46. The summed E-state index contributed by atoms with van der Waals surface area (Å²) in [4.78, 5) is 38.3. The van der Waals surface area contributed by atoms with Crippen molar-refractivity contribution >= 4 is 34.8 Å². The van der Waals surface area contributed by atoms with Gasteiger partial charge in [0.25, 0.3) is 5.91 Å². The highest BCUT2D eigenvalue weighted by molar-refractivity contribution is 7.10. The number of rotatable bonds is 7. The molecule has 2 atom stereocenters. The molecule has 0 aliphatic carbocycles. The average molecular weight is 388 g/mol. The van der Waals surface area contributed by atoms with E-state index in [9.17, 15) is 14.4 Å². The summed E-state index contributed by atoms with van der Waals surface area (Å²) < 4.78 is 5.58. The first-order valence-corrected chi connectivity index (χ1v) is 9.45. The summed E-state index contributed by atoms with van der Waals surface area (Å²) in [6, 6.07) is 10.2. The normalized spacial score (nSPS) is 17.0. The predicted octanol–water partition coefficient (Wildman–Crippen LogP) is 2.58. The van der Waals surface area contributed by atoms with E-state index in [0.29, 0.717) is 11.4 Å². The van der Waals surface area contributed by atoms with Crippen LogP contribution >= 0.6 is 11.3 Å². The molecule has 0 bridgehead atoms. The fourth-order valence-electron chi connectivity index (χ4n) is 2.96. The van der Waals surface area contributed by atoms with E-state index in [1.54, 1.807) is 36.1 Å². The second-order valence-corrected chi connectivity index (χ2v) is 7.18. The molecule has 0 unspecified atom stereocenters. The van der Waals surface area contributed by atoms with E-state index in [-0.39, 0.29) is 31.2 Å². The van der Waals surface area contributed by atoms with E-state index in [4.69, 9.17) is 9.84 Å². The molecule has 2 N–H and O–H groups in total. The van der Waals surface area contributed by atoms with Crippen LogP contribution in [0.3, 0.4) is 0 Å². The summed E-state index contributed by atoms with van der Waals surface area (Å²) in [7, 11) is 0. The Morgan fingerprint density at radius 2 is 2.07 bits per heavy atom. The van der Waals surface area contributed by atoms with Crippen LogP contribution < -0.4 is 15.0 Å². The van der Waals surface area contributed by atoms with Crippen LogP contribution in [0.4, 0.5) is 5.69 Å². The summed E-state index contributed by atoms with van der Waals surface area (Å²) >= 11 is 1.39. The number of carbonyl (C=O) groups excluding carboxylic acids is 2. The maximum Gasteiger partial charge on any atom is 0.305 e. The van der Waals surface area contributed by atoms with Gasteiger partial charge in [0.05, 0.1) is 18.2 Å². The standard InChI is InChI=1S/C19H20N2O5S/c1-12-19(25)21(14-5-2-3-6-15(14)26-12)9-8-17(22)20-13(11-18(23)24)16-7-4-10-27-16/h2-7,10,12-13H,8-9,11H2,1H3,(H,20,22)(H,23,24)/t12-,13-/m0/s1. The molecule has 2 aromatic rings. The van der Waals surface area contributed by atoms with Gasteiger partial charge >= 0.3 is 5.97 Å². The Morgan fingerprint density at radius 3 is 2.78 bits per heavy atom. The maximum atomic E-state index is 12.4. The third kappa shape index (κ3) is 4.46. The number of ether oxygens (including phenoxy) is 1. The van der Waals surface area contributed by atoms with Crippen molar-refractivity contribution in [2.75, 3.05) is 11.4 Å². The molecule has 1 aromatic heterocycles. The third-order valence-electron chi connectivity index (χ3n) is 4.24. The van der Waals surface area contributed by atoms with E-state index in [0.717, 1.165) is 4.88 Å². The number of carbonyl (C=O) groups is 3. The van der Waals surface area contributed by atoms with Crippen LogP contribution in [0.1, 0.15) is 30.7 Å². The third-order valence-corrected chi connectivity index (χ3v) is 5.22. The highest BCUT2D eigenvalue weighted by Crippen LogP contribution is 2.33. The van der Waals surface area contributed by atoms with Gasteiger partial charge in [-0.05, 0) is 30.5 Å². The molecule has 0 radical (unpaired) electrons. The molecular formula is C19H20N2O5S. The molecule has 27 heavy (non-hydrogen) atoms. The van der Waals surface area contributed by atoms with Gasteiger partial charge < -0.3 is 20.1 Å². The van der Waals surface area contributed by atoms with Gasteiger partial charge in [-0.2, -0.15) is 0 Å². The minimum absolute atomic E-state index is 0.0638. The van der Waals surface area contributed by atoms with E-state index in [1.807, 2.05) is 17.5 Å². The van der Waals surface area contributed by atoms with Crippen molar-refractivity contribution < 1.29 is 24.2 Å². The van der Waals surface area contributed by atoms with Crippen LogP contribution in [-0.4, -0.2) is 35.5 Å². The molecule has 2 amide bonds. The lowest BCUT2D eigenvalue weighted by molar-refractivity contribution is -0.137. The number of amides is 2. The largest absolute Gasteiger partial charge is 0.481 e. The monoisotopic (exact) mass is 388 g/mol. The first-order valence-electron chi connectivity index (χ1n) is 8.57. The van der Waals surface area contributed by atoms with Crippen molar-refractivity contribution in [3.05, 3.63) is 46.7 Å². The van der Waals surface area contributed by atoms with Crippen LogP contribution in [-0.2, 0) is 14.4 Å². The zero-order chi connectivity index (χ0) is 19.4. The molecule has 2 heterocycles. The van der Waals surface area contributed by atoms with E-state index in [2.05, 4.69) is 5.32 Å². The van der Waals surface area contributed by atoms with E-state index >= 15 is 0 Å². The number of hydrogen-bond donors (Lipinski definition) is 2. The predicted molar refractivity (Wildman–Crippen MR) is 101 cm³/mol. The summed E-state index contributed by atoms with van der Waals surface area (Å²) in [6.45, 7) is 1.87. The maximum absolute atomic E-state index is 12.4. The molecule has 0 saturated carbocycles. The number of aliphatic carboxylic acids is 1. The van der Waals surface area contributed by atoms with Crippen molar-refractivity contribution in [1.29, 1.82) is 0 Å². The number of nitrogens with one attached hydrogen (secondary N) is 1. The molecule has 7 nitrogen and oxygen atoms in total. The highest BCUT2D eigenvalue weighted by atomic mass is 32.1. The number of para-hydroxylation sites is 2. The molecule has 8 heteroatoms. The van der Waals surface area contributed by atoms with Crippen molar-refractivity contribution in [1.82, 2.24) is 5.32 Å². The fourth-order valence-corrected chi connectivity index (χ4v) is 3.73. The minimum Gasteiger partial charge on any atom is -0.481 e. The number of anilines is 1. The second-order valence-electron chi connectivity index (χ2n) is 6.20. The average Bonchev–Trinajstić information content (AvgIpc) is 3.16. The number of carboxylic acids is 1. The van der Waals surface area contributed by atoms with Crippen molar-refractivity contribution in [2.45, 2.75) is 31.9 Å². The number of benzene rings is 1. The molecule has 1 aliphatic rings. The van der Waals surface area contributed by atoms with Gasteiger partial charge in [0.2, 0.25) is 5.91 Å². The zero-order valence-corrected chi connectivity index (χ0v) is 15.6. The number of thiophene rings is 1. The lowest BCUT2D eigenvalue weighted by atomic mass is 10.1. The first-order chi connectivity index (χ1) is 13.0. The van der Waals surface area contributed by atoms with Crippen LogP contribution in [0.15, 0.2) is 41.8 Å². The van der Waals surface area contributed by atoms with Gasteiger partial charge in [-0.15, -0.1) is 11.3 Å². The Morgan fingerprint density at radius 1 is 1.30 bits per heavy atom. The van der Waals surface area contributed by atoms with Crippen molar-refractivity contribution in [3.8, 4) is 5.75 Å². The summed E-state index contributed by atoms with van der Waals surface area (Å²) in [6.07, 6.45) is -0.745. The zero-order valence-electron chi connectivity index (χ0n) is 14.8. The van der Waals surface area contributed by atoms with Gasteiger partial charge in [-0.3, -0.25) is 14.4 Å². The topological polar surface area (TPSA) is 95.9 Å². The molecular weight excluding hydrogens is 368 g/mol. The Hall–Kier alpha value is -2.87. The number of nitrogens with zero attached hydrogens (tertiary/aromatic N) is 1. The number of carboxylic acid groups (broad SMARTS) is 1. The number of fused-ring (bicyclic) bond motifs is 1. The van der Waals surface area contributed by atoms with Gasteiger partial charge in [-0.25, -0.2) is 0 Å². The highest BCUT2D eigenvalue weighted by Gasteiger charge is 2.31. The molecule has 1 aliphatic heterocycles. The van der Waals surface area contributed by atoms with Crippen LogP contribution in [0.25, 0.3) is 0 Å². The first kappa shape index (κ1) is 18.9. The smallest absolute Gasteiger partial charge is 0.305 e. The fraction of sp³-hybridized carbons (Fsp3) is 0.316. The van der Waals surface area contributed by atoms with Gasteiger partial charge in [0, 0.05) is 17.8 Å².